The van der Waals surface area contributed by atoms with E-state index < -0.39 is 9.84 Å². The standard InChI is InChI=1S/C22H24N4O3S3/c23-20-19-16-8-4-5-9-17(16)31-21(19)25-22(24-20)30-12-18(27)26(14-6-2-1-3-7-14)15-10-11-32(28,29)13-15/h1-3,6-7,15H,4-5,8-13H2,(H2,23,24,25). The molecule has 1 unspecified atom stereocenters. The molecule has 5 rings (SSSR count). The van der Waals surface area contributed by atoms with E-state index in [2.05, 4.69) is 9.97 Å². The third-order valence-electron chi connectivity index (χ3n) is 6.02. The number of benzene rings is 1. The summed E-state index contributed by atoms with van der Waals surface area (Å²) in [4.78, 5) is 26.3. The first kappa shape index (κ1) is 21.7. The first-order valence-electron chi connectivity index (χ1n) is 10.7. The van der Waals surface area contributed by atoms with Gasteiger partial charge in [-0.05, 0) is 49.8 Å². The van der Waals surface area contributed by atoms with Crippen LogP contribution in [0, 0.1) is 0 Å². The molecular formula is C22H24N4O3S3. The molecule has 1 saturated heterocycles. The van der Waals surface area contributed by atoms with Crippen molar-refractivity contribution >= 4 is 60.6 Å². The number of nitrogens with zero attached hydrogens (tertiary/aromatic N) is 3. The lowest BCUT2D eigenvalue weighted by Gasteiger charge is -2.28. The Morgan fingerprint density at radius 2 is 1.97 bits per heavy atom. The third-order valence-corrected chi connectivity index (χ3v) is 9.79. The Kier molecular flexibility index (Phi) is 5.85. The van der Waals surface area contributed by atoms with E-state index >= 15 is 0 Å². The Balaban J connectivity index is 1.38. The highest BCUT2D eigenvalue weighted by Crippen LogP contribution is 2.38. The van der Waals surface area contributed by atoms with Crippen LogP contribution in [0.15, 0.2) is 35.5 Å². The first-order valence-corrected chi connectivity index (χ1v) is 14.3. The van der Waals surface area contributed by atoms with Crippen LogP contribution >= 0.6 is 23.1 Å². The van der Waals surface area contributed by atoms with Gasteiger partial charge in [-0.3, -0.25) is 4.79 Å². The highest BCUT2D eigenvalue weighted by Gasteiger charge is 2.35. The molecule has 0 radical (unpaired) electrons. The summed E-state index contributed by atoms with van der Waals surface area (Å²) in [6.45, 7) is 0. The fraction of sp³-hybridized carbons (Fsp3) is 0.409. The summed E-state index contributed by atoms with van der Waals surface area (Å²) in [6, 6.07) is 8.89. The van der Waals surface area contributed by atoms with Crippen LogP contribution in [0.5, 0.6) is 0 Å². The van der Waals surface area contributed by atoms with Crippen molar-refractivity contribution in [3.05, 3.63) is 40.8 Å². The number of para-hydroxylation sites is 1. The number of aryl methyl sites for hydroxylation is 2. The number of rotatable bonds is 5. The number of thiophene rings is 1. The monoisotopic (exact) mass is 488 g/mol. The topological polar surface area (TPSA) is 106 Å². The highest BCUT2D eigenvalue weighted by atomic mass is 32.2. The largest absolute Gasteiger partial charge is 0.383 e. The van der Waals surface area contributed by atoms with E-state index in [1.165, 1.54) is 28.6 Å². The van der Waals surface area contributed by atoms with Crippen LogP contribution in [0.3, 0.4) is 0 Å². The predicted molar refractivity (Wildman–Crippen MR) is 130 cm³/mol. The maximum absolute atomic E-state index is 13.2. The zero-order chi connectivity index (χ0) is 22.3. The van der Waals surface area contributed by atoms with Crippen molar-refractivity contribution in [2.24, 2.45) is 0 Å². The van der Waals surface area contributed by atoms with Crippen molar-refractivity contribution in [2.45, 2.75) is 43.3 Å². The lowest BCUT2D eigenvalue weighted by Crippen LogP contribution is -2.42. The molecule has 32 heavy (non-hydrogen) atoms. The van der Waals surface area contributed by atoms with Gasteiger partial charge in [-0.15, -0.1) is 11.3 Å². The van der Waals surface area contributed by atoms with Gasteiger partial charge in [0.25, 0.3) is 0 Å². The number of anilines is 2. The van der Waals surface area contributed by atoms with Gasteiger partial charge in [0.05, 0.1) is 28.7 Å². The van der Waals surface area contributed by atoms with Crippen LogP contribution in [-0.2, 0) is 27.5 Å². The minimum absolute atomic E-state index is 0.00550. The molecule has 1 aromatic carbocycles. The van der Waals surface area contributed by atoms with Crippen LogP contribution in [0.25, 0.3) is 10.2 Å². The van der Waals surface area contributed by atoms with E-state index in [0.29, 0.717) is 23.1 Å². The molecule has 1 amide bonds. The first-order chi connectivity index (χ1) is 15.4. The molecule has 7 nitrogen and oxygen atoms in total. The second-order valence-electron chi connectivity index (χ2n) is 8.23. The number of carbonyl (C=O) groups is 1. The van der Waals surface area contributed by atoms with Gasteiger partial charge in [-0.2, -0.15) is 0 Å². The molecule has 2 aliphatic rings. The zero-order valence-corrected chi connectivity index (χ0v) is 19.9. The number of nitrogen functional groups attached to an aromatic ring is 1. The summed E-state index contributed by atoms with van der Waals surface area (Å²) < 4.78 is 24.1. The summed E-state index contributed by atoms with van der Waals surface area (Å²) in [6.07, 6.45) is 4.88. The van der Waals surface area contributed by atoms with Crippen molar-refractivity contribution in [1.82, 2.24) is 9.97 Å². The Labute approximate surface area is 195 Å². The lowest BCUT2D eigenvalue weighted by atomic mass is 9.97. The Morgan fingerprint density at radius 1 is 1.19 bits per heavy atom. The van der Waals surface area contributed by atoms with Crippen LogP contribution in [0.2, 0.25) is 0 Å². The number of nitrogens with two attached hydrogens (primary N) is 1. The van der Waals surface area contributed by atoms with Crippen molar-refractivity contribution in [1.29, 1.82) is 0 Å². The SMILES string of the molecule is Nc1nc(SCC(=O)N(c2ccccc2)C2CCS(=O)(=O)C2)nc2sc3c(c12)CCCC3. The second kappa shape index (κ2) is 8.64. The van der Waals surface area contributed by atoms with Gasteiger partial charge in [0, 0.05) is 10.6 Å². The number of sulfone groups is 1. The van der Waals surface area contributed by atoms with Gasteiger partial charge in [0.15, 0.2) is 15.0 Å². The van der Waals surface area contributed by atoms with E-state index in [4.69, 9.17) is 5.73 Å². The number of thioether (sulfide) groups is 1. The van der Waals surface area contributed by atoms with Crippen LogP contribution < -0.4 is 10.6 Å². The molecule has 1 atom stereocenters. The predicted octanol–water partition coefficient (Wildman–Crippen LogP) is 3.46. The number of hydrogen-bond donors (Lipinski definition) is 1. The minimum atomic E-state index is -3.12. The molecule has 0 bridgehead atoms. The number of hydrogen-bond acceptors (Lipinski definition) is 8. The summed E-state index contributed by atoms with van der Waals surface area (Å²) >= 11 is 2.93. The number of carbonyl (C=O) groups excluding carboxylic acids is 1. The molecule has 0 spiro atoms. The average molecular weight is 489 g/mol. The Morgan fingerprint density at radius 3 is 2.72 bits per heavy atom. The fourth-order valence-electron chi connectivity index (χ4n) is 4.55. The molecule has 1 fully saturated rings. The molecule has 1 aliphatic carbocycles. The van der Waals surface area contributed by atoms with Gasteiger partial charge in [-0.25, -0.2) is 18.4 Å². The number of amides is 1. The van der Waals surface area contributed by atoms with Gasteiger partial charge in [0.1, 0.15) is 10.6 Å². The van der Waals surface area contributed by atoms with Crippen molar-refractivity contribution in [3.8, 4) is 0 Å². The molecule has 3 aromatic rings. The Bertz CT molecular complexity index is 1270. The third kappa shape index (κ3) is 4.23. The van der Waals surface area contributed by atoms with Crippen LogP contribution in [0.1, 0.15) is 29.7 Å². The molecule has 2 aromatic heterocycles. The van der Waals surface area contributed by atoms with Crippen molar-refractivity contribution in [3.63, 3.8) is 0 Å². The normalized spacial score (nSPS) is 19.7. The summed E-state index contributed by atoms with van der Waals surface area (Å²) in [5, 5.41) is 1.46. The van der Waals surface area contributed by atoms with E-state index in [1.807, 2.05) is 30.3 Å². The van der Waals surface area contributed by atoms with Gasteiger partial charge in [-0.1, -0.05) is 30.0 Å². The van der Waals surface area contributed by atoms with E-state index in [9.17, 15) is 13.2 Å². The maximum atomic E-state index is 13.2. The summed E-state index contributed by atoms with van der Waals surface area (Å²) in [5.41, 5.74) is 8.29. The molecule has 168 valence electrons. The van der Waals surface area contributed by atoms with Gasteiger partial charge >= 0.3 is 0 Å². The molecule has 0 saturated carbocycles. The smallest absolute Gasteiger partial charge is 0.237 e. The molecule has 3 heterocycles. The Hall–Kier alpha value is -2.17. The van der Waals surface area contributed by atoms with E-state index in [1.54, 1.807) is 16.2 Å². The average Bonchev–Trinajstić information content (AvgIpc) is 3.33. The van der Waals surface area contributed by atoms with Crippen molar-refractivity contribution in [2.75, 3.05) is 27.9 Å². The zero-order valence-electron chi connectivity index (χ0n) is 17.5. The highest BCUT2D eigenvalue weighted by molar-refractivity contribution is 7.99. The summed E-state index contributed by atoms with van der Waals surface area (Å²) in [5.74, 6) is 0.540. The van der Waals surface area contributed by atoms with Gasteiger partial charge in [0.2, 0.25) is 5.91 Å². The van der Waals surface area contributed by atoms with Crippen molar-refractivity contribution < 1.29 is 13.2 Å². The van der Waals surface area contributed by atoms with Crippen LogP contribution in [-0.4, -0.2) is 47.6 Å². The summed E-state index contributed by atoms with van der Waals surface area (Å²) in [7, 11) is -3.12. The molecular weight excluding hydrogens is 464 g/mol. The minimum Gasteiger partial charge on any atom is -0.383 e. The quantitative estimate of drug-likeness (QED) is 0.433. The molecule has 10 heteroatoms. The number of aromatic nitrogens is 2. The van der Waals surface area contributed by atoms with Gasteiger partial charge < -0.3 is 10.6 Å². The molecule has 2 N–H and O–H groups in total. The number of fused-ring (bicyclic) bond motifs is 3. The van der Waals surface area contributed by atoms with Crippen LogP contribution in [0.4, 0.5) is 11.5 Å². The lowest BCUT2D eigenvalue weighted by molar-refractivity contribution is -0.116. The van der Waals surface area contributed by atoms with E-state index in [0.717, 1.165) is 29.5 Å². The fourth-order valence-corrected chi connectivity index (χ4v) is 8.29. The second-order valence-corrected chi connectivity index (χ2v) is 12.5. The molecule has 1 aliphatic heterocycles. The maximum Gasteiger partial charge on any atom is 0.237 e. The van der Waals surface area contributed by atoms with E-state index in [-0.39, 0.29) is 29.2 Å².